The SMILES string of the molecule is CCOC(=O)[C@@H]1CCC[NH+](CCO/C=C(/c2cccc(F)c2)c2ccccc2C)C1.[Cl-]. The number of aryl methyl sites for hydroxylation is 1. The minimum Gasteiger partial charge on any atom is -1.00 e. The van der Waals surface area contributed by atoms with Crippen molar-refractivity contribution in [3.8, 4) is 0 Å². The molecule has 2 aromatic rings. The van der Waals surface area contributed by atoms with Crippen LogP contribution in [0.1, 0.15) is 36.5 Å². The Morgan fingerprint density at radius 3 is 2.77 bits per heavy atom. The Balaban J connectivity index is 0.00000341. The van der Waals surface area contributed by atoms with Crippen LogP contribution in [0.4, 0.5) is 4.39 Å². The van der Waals surface area contributed by atoms with Crippen molar-refractivity contribution in [3.05, 3.63) is 77.3 Å². The van der Waals surface area contributed by atoms with Gasteiger partial charge in [0.1, 0.15) is 24.9 Å². The molecular weight excluding hydrogens is 417 g/mol. The first-order valence-electron chi connectivity index (χ1n) is 10.7. The van der Waals surface area contributed by atoms with Gasteiger partial charge in [-0.1, -0.05) is 36.4 Å². The summed E-state index contributed by atoms with van der Waals surface area (Å²) in [6.07, 6.45) is 3.66. The maximum atomic E-state index is 13.8. The lowest BCUT2D eigenvalue weighted by Gasteiger charge is -2.28. The number of esters is 1. The smallest absolute Gasteiger partial charge is 0.314 e. The molecule has 0 saturated carbocycles. The molecule has 1 heterocycles. The minimum atomic E-state index is -0.269. The second-order valence-corrected chi connectivity index (χ2v) is 7.77. The monoisotopic (exact) mass is 447 g/mol. The standard InChI is InChI=1S/C25H30FNO3.ClH/c1-3-30-25(28)21-10-7-13-27(17-21)14-15-29-18-24(20-9-6-11-22(26)16-20)23-12-5-4-8-19(23)2;/h4-6,8-9,11-12,16,18,21H,3,7,10,13-15,17H2,1-2H3;1H/b24-18-;/t21-;/m1./s1. The lowest BCUT2D eigenvalue weighted by atomic mass is 9.95. The average molecular weight is 448 g/mol. The summed E-state index contributed by atoms with van der Waals surface area (Å²) in [5.74, 6) is -0.364. The van der Waals surface area contributed by atoms with Gasteiger partial charge in [-0.15, -0.1) is 0 Å². The Morgan fingerprint density at radius 1 is 1.23 bits per heavy atom. The van der Waals surface area contributed by atoms with E-state index in [1.165, 1.54) is 17.0 Å². The largest absolute Gasteiger partial charge is 1.00 e. The molecule has 0 aromatic heterocycles. The van der Waals surface area contributed by atoms with E-state index in [0.717, 1.165) is 54.7 Å². The highest BCUT2D eigenvalue weighted by Crippen LogP contribution is 2.26. The molecule has 1 aliphatic heterocycles. The number of likely N-dealkylation sites (tertiary alicyclic amines) is 1. The predicted molar refractivity (Wildman–Crippen MR) is 116 cm³/mol. The maximum Gasteiger partial charge on any atom is 0.314 e. The number of hydrogen-bond acceptors (Lipinski definition) is 3. The molecule has 1 unspecified atom stereocenters. The normalized spacial score (nSPS) is 18.7. The molecule has 0 bridgehead atoms. The molecule has 0 aliphatic carbocycles. The summed E-state index contributed by atoms with van der Waals surface area (Å²) < 4.78 is 24.9. The van der Waals surface area contributed by atoms with E-state index in [1.807, 2.05) is 44.2 Å². The number of halogens is 2. The number of quaternary nitrogens is 1. The van der Waals surface area contributed by atoms with Crippen LogP contribution in [0, 0.1) is 18.7 Å². The number of piperidine rings is 1. The van der Waals surface area contributed by atoms with Gasteiger partial charge < -0.3 is 26.8 Å². The van der Waals surface area contributed by atoms with E-state index in [0.29, 0.717) is 13.2 Å². The molecule has 2 aromatic carbocycles. The lowest BCUT2D eigenvalue weighted by Crippen LogP contribution is -3.14. The summed E-state index contributed by atoms with van der Waals surface area (Å²) in [6.45, 7) is 7.50. The zero-order chi connectivity index (χ0) is 21.3. The van der Waals surface area contributed by atoms with E-state index < -0.39 is 0 Å². The first-order valence-corrected chi connectivity index (χ1v) is 10.7. The van der Waals surface area contributed by atoms with Gasteiger partial charge in [-0.3, -0.25) is 4.79 Å². The van der Waals surface area contributed by atoms with Crippen molar-refractivity contribution in [3.63, 3.8) is 0 Å². The predicted octanol–water partition coefficient (Wildman–Crippen LogP) is 0.402. The fraction of sp³-hybridized carbons (Fsp3) is 0.400. The third-order valence-electron chi connectivity index (χ3n) is 5.58. The quantitative estimate of drug-likeness (QED) is 0.362. The molecule has 0 radical (unpaired) electrons. The van der Waals surface area contributed by atoms with Crippen molar-refractivity contribution in [2.45, 2.75) is 26.7 Å². The van der Waals surface area contributed by atoms with Crippen molar-refractivity contribution >= 4 is 11.5 Å². The van der Waals surface area contributed by atoms with E-state index in [2.05, 4.69) is 0 Å². The molecule has 31 heavy (non-hydrogen) atoms. The molecular formula is C25H31ClFNO3. The van der Waals surface area contributed by atoms with E-state index in [4.69, 9.17) is 9.47 Å². The summed E-state index contributed by atoms with van der Waals surface area (Å²) >= 11 is 0. The van der Waals surface area contributed by atoms with Gasteiger partial charge in [0.15, 0.2) is 0 Å². The number of carbonyl (C=O) groups is 1. The van der Waals surface area contributed by atoms with Gasteiger partial charge in [0.25, 0.3) is 0 Å². The summed E-state index contributed by atoms with van der Waals surface area (Å²) in [5.41, 5.74) is 3.79. The zero-order valence-corrected chi connectivity index (χ0v) is 19.0. The molecule has 1 saturated heterocycles. The van der Waals surface area contributed by atoms with Crippen LogP contribution >= 0.6 is 0 Å². The van der Waals surface area contributed by atoms with E-state index in [-0.39, 0.29) is 30.1 Å². The number of hydrogen-bond donors (Lipinski definition) is 1. The Morgan fingerprint density at radius 2 is 2.03 bits per heavy atom. The van der Waals surface area contributed by atoms with Crippen molar-refractivity contribution in [2.75, 3.05) is 32.8 Å². The van der Waals surface area contributed by atoms with Crippen LogP contribution in [-0.4, -0.2) is 38.8 Å². The van der Waals surface area contributed by atoms with Crippen LogP contribution in [-0.2, 0) is 14.3 Å². The maximum absolute atomic E-state index is 13.8. The van der Waals surface area contributed by atoms with Crippen molar-refractivity contribution in [1.29, 1.82) is 0 Å². The van der Waals surface area contributed by atoms with Crippen LogP contribution < -0.4 is 17.3 Å². The molecule has 1 aliphatic rings. The fourth-order valence-electron chi connectivity index (χ4n) is 4.00. The minimum absolute atomic E-state index is 0. The lowest BCUT2D eigenvalue weighted by molar-refractivity contribution is -0.907. The van der Waals surface area contributed by atoms with Crippen LogP contribution in [0.25, 0.3) is 5.57 Å². The summed E-state index contributed by atoms with van der Waals surface area (Å²) in [7, 11) is 0. The van der Waals surface area contributed by atoms with Gasteiger partial charge >= 0.3 is 5.97 Å². The van der Waals surface area contributed by atoms with E-state index in [1.54, 1.807) is 12.3 Å². The number of benzene rings is 2. The van der Waals surface area contributed by atoms with Crippen LogP contribution in [0.5, 0.6) is 0 Å². The first kappa shape index (κ1) is 24.9. The highest BCUT2D eigenvalue weighted by molar-refractivity contribution is 5.80. The van der Waals surface area contributed by atoms with E-state index in [9.17, 15) is 9.18 Å². The zero-order valence-electron chi connectivity index (χ0n) is 18.2. The summed E-state index contributed by atoms with van der Waals surface area (Å²) in [6, 6.07) is 14.6. The second-order valence-electron chi connectivity index (χ2n) is 7.77. The second kappa shape index (κ2) is 12.5. The molecule has 168 valence electrons. The number of rotatable bonds is 8. The fourth-order valence-corrected chi connectivity index (χ4v) is 4.00. The molecule has 1 fully saturated rings. The van der Waals surface area contributed by atoms with Gasteiger partial charge in [0, 0.05) is 5.57 Å². The van der Waals surface area contributed by atoms with Gasteiger partial charge in [-0.25, -0.2) is 4.39 Å². The van der Waals surface area contributed by atoms with Crippen molar-refractivity contribution in [2.24, 2.45) is 5.92 Å². The Hall–Kier alpha value is -2.37. The number of ether oxygens (including phenoxy) is 2. The van der Waals surface area contributed by atoms with Gasteiger partial charge in [-0.05, 0) is 55.5 Å². The van der Waals surface area contributed by atoms with Crippen LogP contribution in [0.2, 0.25) is 0 Å². The molecule has 3 rings (SSSR count). The molecule has 1 N–H and O–H groups in total. The highest BCUT2D eigenvalue weighted by Gasteiger charge is 2.29. The Labute approximate surface area is 190 Å². The Bertz CT molecular complexity index is 887. The van der Waals surface area contributed by atoms with Crippen LogP contribution in [0.3, 0.4) is 0 Å². The topological polar surface area (TPSA) is 40.0 Å². The third kappa shape index (κ3) is 7.08. The molecule has 0 amide bonds. The third-order valence-corrected chi connectivity index (χ3v) is 5.58. The van der Waals surface area contributed by atoms with Crippen LogP contribution in [0.15, 0.2) is 54.8 Å². The summed E-state index contributed by atoms with van der Waals surface area (Å²) in [5, 5.41) is 0. The van der Waals surface area contributed by atoms with Crippen molar-refractivity contribution in [1.82, 2.24) is 0 Å². The molecule has 4 nitrogen and oxygen atoms in total. The van der Waals surface area contributed by atoms with Gasteiger partial charge in [0.05, 0.1) is 26.0 Å². The van der Waals surface area contributed by atoms with Crippen molar-refractivity contribution < 1.29 is 36.0 Å². The van der Waals surface area contributed by atoms with E-state index >= 15 is 0 Å². The summed E-state index contributed by atoms with van der Waals surface area (Å²) in [4.78, 5) is 13.4. The van der Waals surface area contributed by atoms with Gasteiger partial charge in [0.2, 0.25) is 0 Å². The highest BCUT2D eigenvalue weighted by atomic mass is 35.5. The molecule has 2 atom stereocenters. The molecule has 6 heteroatoms. The Kier molecular flexibility index (Phi) is 10.0. The molecule has 0 spiro atoms. The first-order chi connectivity index (χ1) is 14.6. The van der Waals surface area contributed by atoms with Gasteiger partial charge in [-0.2, -0.15) is 0 Å². The number of carbonyl (C=O) groups excluding carboxylic acids is 1. The average Bonchev–Trinajstić information content (AvgIpc) is 2.75. The number of nitrogens with one attached hydrogen (secondary N) is 1.